The van der Waals surface area contributed by atoms with E-state index >= 15 is 0 Å². The van der Waals surface area contributed by atoms with Gasteiger partial charge in [0.25, 0.3) is 0 Å². The fraction of sp³-hybridized carbons (Fsp3) is 0.400. The van der Waals surface area contributed by atoms with Gasteiger partial charge in [-0.3, -0.25) is 5.43 Å². The third-order valence-electron chi connectivity index (χ3n) is 0.965. The fourth-order valence-electron chi connectivity index (χ4n) is 0.586. The Bertz CT molecular complexity index is 135. The van der Waals surface area contributed by atoms with E-state index in [0.29, 0.717) is 6.42 Å². The zero-order valence-electron chi connectivity index (χ0n) is 4.89. The SMILES string of the molecule is C=CCC1NNC(=O)O1. The molecule has 0 radical (unpaired) electrons. The van der Waals surface area contributed by atoms with Crippen molar-refractivity contribution < 1.29 is 9.53 Å². The van der Waals surface area contributed by atoms with Crippen LogP contribution in [0.4, 0.5) is 4.79 Å². The number of cyclic esters (lactones) is 1. The van der Waals surface area contributed by atoms with Crippen LogP contribution < -0.4 is 10.9 Å². The van der Waals surface area contributed by atoms with Gasteiger partial charge in [-0.2, -0.15) is 5.43 Å². The van der Waals surface area contributed by atoms with Gasteiger partial charge in [0.15, 0.2) is 6.23 Å². The Morgan fingerprint density at radius 2 is 2.67 bits per heavy atom. The van der Waals surface area contributed by atoms with Gasteiger partial charge in [0.1, 0.15) is 0 Å². The molecule has 9 heavy (non-hydrogen) atoms. The summed E-state index contributed by atoms with van der Waals surface area (Å²) in [5, 5.41) is 0. The van der Waals surface area contributed by atoms with E-state index in [1.165, 1.54) is 0 Å². The van der Waals surface area contributed by atoms with Crippen LogP contribution in [0.25, 0.3) is 0 Å². The lowest BCUT2D eigenvalue weighted by Crippen LogP contribution is -2.30. The summed E-state index contributed by atoms with van der Waals surface area (Å²) in [4.78, 5) is 10.3. The van der Waals surface area contributed by atoms with E-state index in [0.717, 1.165) is 0 Å². The third kappa shape index (κ3) is 1.43. The third-order valence-corrected chi connectivity index (χ3v) is 0.965. The fourth-order valence-corrected chi connectivity index (χ4v) is 0.586. The lowest BCUT2D eigenvalue weighted by molar-refractivity contribution is 0.131. The zero-order valence-corrected chi connectivity index (χ0v) is 4.89. The lowest BCUT2D eigenvalue weighted by atomic mass is 10.4. The normalized spacial score (nSPS) is 24.9. The van der Waals surface area contributed by atoms with Crippen LogP contribution in [-0.2, 0) is 4.74 Å². The molecule has 0 saturated carbocycles. The number of carbonyl (C=O) groups excluding carboxylic acids is 1. The molecule has 0 aliphatic carbocycles. The van der Waals surface area contributed by atoms with Gasteiger partial charge in [-0.15, -0.1) is 6.58 Å². The highest BCUT2D eigenvalue weighted by atomic mass is 16.6. The van der Waals surface area contributed by atoms with Crippen LogP contribution >= 0.6 is 0 Å². The molecule has 1 fully saturated rings. The van der Waals surface area contributed by atoms with Gasteiger partial charge < -0.3 is 4.74 Å². The molecule has 0 aromatic rings. The van der Waals surface area contributed by atoms with E-state index in [4.69, 9.17) is 0 Å². The number of amides is 1. The average molecular weight is 128 g/mol. The monoisotopic (exact) mass is 128 g/mol. The maximum absolute atomic E-state index is 10.3. The summed E-state index contributed by atoms with van der Waals surface area (Å²) in [6.45, 7) is 3.49. The topological polar surface area (TPSA) is 50.4 Å². The summed E-state index contributed by atoms with van der Waals surface area (Å²) < 4.78 is 4.67. The first kappa shape index (κ1) is 6.10. The molecular weight excluding hydrogens is 120 g/mol. The lowest BCUT2D eigenvalue weighted by Gasteiger charge is -2.01. The first-order chi connectivity index (χ1) is 4.33. The molecule has 1 saturated heterocycles. The molecule has 1 atom stereocenters. The standard InChI is InChI=1S/C5H8N2O2/c1-2-3-4-6-7-5(8)9-4/h2,4,6H,1,3H2,(H,7,8). The molecule has 0 spiro atoms. The van der Waals surface area contributed by atoms with Gasteiger partial charge in [0, 0.05) is 6.42 Å². The molecule has 2 N–H and O–H groups in total. The van der Waals surface area contributed by atoms with Gasteiger partial charge in [-0.25, -0.2) is 4.79 Å². The summed E-state index contributed by atoms with van der Waals surface area (Å²) in [6, 6.07) is 0. The van der Waals surface area contributed by atoms with E-state index in [9.17, 15) is 4.79 Å². The minimum atomic E-state index is -0.429. The molecule has 4 nitrogen and oxygen atoms in total. The molecule has 0 bridgehead atoms. The van der Waals surface area contributed by atoms with Crippen LogP contribution in [-0.4, -0.2) is 12.3 Å². The Morgan fingerprint density at radius 3 is 3.11 bits per heavy atom. The van der Waals surface area contributed by atoms with Crippen molar-refractivity contribution >= 4 is 6.09 Å². The Labute approximate surface area is 52.8 Å². The zero-order chi connectivity index (χ0) is 6.69. The summed E-state index contributed by atoms with van der Waals surface area (Å²) in [5.41, 5.74) is 4.91. The minimum absolute atomic E-state index is 0.241. The molecule has 0 aromatic carbocycles. The van der Waals surface area contributed by atoms with E-state index in [-0.39, 0.29) is 6.23 Å². The number of nitrogens with one attached hydrogen (secondary N) is 2. The summed E-state index contributed by atoms with van der Waals surface area (Å²) in [5.74, 6) is 0. The Balaban J connectivity index is 2.29. The molecule has 0 aromatic heterocycles. The summed E-state index contributed by atoms with van der Waals surface area (Å²) >= 11 is 0. The molecule has 1 heterocycles. The van der Waals surface area contributed by atoms with Gasteiger partial charge in [0.2, 0.25) is 0 Å². The van der Waals surface area contributed by atoms with Crippen LogP contribution in [0.5, 0.6) is 0 Å². The van der Waals surface area contributed by atoms with Gasteiger partial charge in [0.05, 0.1) is 0 Å². The van der Waals surface area contributed by atoms with Crippen molar-refractivity contribution in [2.45, 2.75) is 12.6 Å². The van der Waals surface area contributed by atoms with E-state index in [1.807, 2.05) is 0 Å². The first-order valence-corrected chi connectivity index (χ1v) is 2.66. The molecule has 4 heteroatoms. The maximum atomic E-state index is 10.3. The molecule has 1 aliphatic heterocycles. The second-order valence-electron chi connectivity index (χ2n) is 1.69. The number of hydrogen-bond acceptors (Lipinski definition) is 3. The Kier molecular flexibility index (Phi) is 1.69. The highest BCUT2D eigenvalue weighted by Gasteiger charge is 2.19. The van der Waals surface area contributed by atoms with Crippen LogP contribution in [0.2, 0.25) is 0 Å². The molecule has 1 rings (SSSR count). The van der Waals surface area contributed by atoms with Crippen LogP contribution in [0.15, 0.2) is 12.7 Å². The van der Waals surface area contributed by atoms with Crippen molar-refractivity contribution in [2.24, 2.45) is 0 Å². The number of ether oxygens (including phenoxy) is 1. The Hall–Kier alpha value is -1.03. The molecule has 1 aliphatic rings. The van der Waals surface area contributed by atoms with Crippen LogP contribution in [0.1, 0.15) is 6.42 Å². The van der Waals surface area contributed by atoms with Crippen molar-refractivity contribution in [1.82, 2.24) is 10.9 Å². The summed E-state index contributed by atoms with van der Waals surface area (Å²) in [7, 11) is 0. The smallest absolute Gasteiger partial charge is 0.423 e. The molecular formula is C5H8N2O2. The highest BCUT2D eigenvalue weighted by molar-refractivity contribution is 5.68. The minimum Gasteiger partial charge on any atom is -0.427 e. The maximum Gasteiger partial charge on any atom is 0.423 e. The first-order valence-electron chi connectivity index (χ1n) is 2.66. The highest BCUT2D eigenvalue weighted by Crippen LogP contribution is 1.98. The second-order valence-corrected chi connectivity index (χ2v) is 1.69. The predicted octanol–water partition coefficient (Wildman–Crippen LogP) is 0.133. The predicted molar refractivity (Wildman–Crippen MR) is 31.4 cm³/mol. The van der Waals surface area contributed by atoms with E-state index in [2.05, 4.69) is 22.2 Å². The van der Waals surface area contributed by atoms with E-state index < -0.39 is 6.09 Å². The second kappa shape index (κ2) is 2.50. The van der Waals surface area contributed by atoms with Gasteiger partial charge >= 0.3 is 6.09 Å². The molecule has 1 amide bonds. The summed E-state index contributed by atoms with van der Waals surface area (Å²) in [6.07, 6.45) is 1.63. The van der Waals surface area contributed by atoms with Gasteiger partial charge in [-0.1, -0.05) is 6.08 Å². The molecule has 50 valence electrons. The number of carbonyl (C=O) groups is 1. The number of hydrazine groups is 1. The largest absolute Gasteiger partial charge is 0.427 e. The van der Waals surface area contributed by atoms with Crippen LogP contribution in [0.3, 0.4) is 0 Å². The average Bonchev–Trinajstić information content (AvgIpc) is 2.17. The van der Waals surface area contributed by atoms with Crippen molar-refractivity contribution in [3.05, 3.63) is 12.7 Å². The van der Waals surface area contributed by atoms with Crippen molar-refractivity contribution in [3.63, 3.8) is 0 Å². The van der Waals surface area contributed by atoms with Crippen LogP contribution in [0, 0.1) is 0 Å². The number of rotatable bonds is 2. The Morgan fingerprint density at radius 1 is 1.89 bits per heavy atom. The van der Waals surface area contributed by atoms with E-state index in [1.54, 1.807) is 6.08 Å². The van der Waals surface area contributed by atoms with Crippen molar-refractivity contribution in [1.29, 1.82) is 0 Å². The van der Waals surface area contributed by atoms with Crippen molar-refractivity contribution in [2.75, 3.05) is 0 Å². The molecule has 1 unspecified atom stereocenters. The van der Waals surface area contributed by atoms with Crippen molar-refractivity contribution in [3.8, 4) is 0 Å². The number of hydrogen-bond donors (Lipinski definition) is 2. The quantitative estimate of drug-likeness (QED) is 0.520. The van der Waals surface area contributed by atoms with Gasteiger partial charge in [-0.05, 0) is 0 Å².